The van der Waals surface area contributed by atoms with Crippen LogP contribution in [0.3, 0.4) is 0 Å². The molecule has 0 aromatic heterocycles. The molecule has 1 atom stereocenters. The Morgan fingerprint density at radius 1 is 1.15 bits per heavy atom. The second-order valence-corrected chi connectivity index (χ2v) is 12.1. The fourth-order valence-corrected chi connectivity index (χ4v) is 5.41. The van der Waals surface area contributed by atoms with Gasteiger partial charge in [-0.15, -0.1) is 0 Å². The van der Waals surface area contributed by atoms with Crippen molar-refractivity contribution >= 4 is 8.07 Å². The Kier molecular flexibility index (Phi) is 5.22. The van der Waals surface area contributed by atoms with Crippen LogP contribution in [0, 0.1) is 0 Å². The van der Waals surface area contributed by atoms with Gasteiger partial charge in [0, 0.05) is 0 Å². The van der Waals surface area contributed by atoms with E-state index >= 15 is 0 Å². The molecule has 1 fully saturated rings. The quantitative estimate of drug-likeness (QED) is 0.794. The van der Waals surface area contributed by atoms with Crippen LogP contribution in [0.25, 0.3) is 0 Å². The Morgan fingerprint density at radius 3 is 2.45 bits per heavy atom. The minimum atomic E-state index is -1.35. The minimum absolute atomic E-state index is 0.166. The molecule has 0 spiro atoms. The van der Waals surface area contributed by atoms with Crippen LogP contribution in [-0.2, 0) is 6.42 Å². The molecule has 0 radical (unpaired) electrons. The summed E-state index contributed by atoms with van der Waals surface area (Å²) >= 11 is 0. The first-order valence-corrected chi connectivity index (χ1v) is 11.4. The number of aliphatic hydroxyl groups is 1. The molecule has 0 amide bonds. The van der Waals surface area contributed by atoms with E-state index in [0.29, 0.717) is 0 Å². The van der Waals surface area contributed by atoms with E-state index in [9.17, 15) is 5.11 Å². The number of rotatable bonds is 4. The van der Waals surface area contributed by atoms with Crippen molar-refractivity contribution in [3.63, 3.8) is 0 Å². The van der Waals surface area contributed by atoms with Crippen molar-refractivity contribution in [1.29, 1.82) is 0 Å². The van der Waals surface area contributed by atoms with Crippen molar-refractivity contribution in [3.8, 4) is 0 Å². The van der Waals surface area contributed by atoms with Crippen molar-refractivity contribution in [3.05, 3.63) is 46.7 Å². The second kappa shape index (κ2) is 6.73. The first-order chi connectivity index (χ1) is 9.48. The maximum atomic E-state index is 10.4. The van der Waals surface area contributed by atoms with Crippen molar-refractivity contribution in [2.45, 2.75) is 64.3 Å². The van der Waals surface area contributed by atoms with Gasteiger partial charge in [-0.25, -0.2) is 0 Å². The molecule has 20 heavy (non-hydrogen) atoms. The van der Waals surface area contributed by atoms with E-state index in [0.717, 1.165) is 25.7 Å². The third kappa shape index (κ3) is 4.06. The highest BCUT2D eigenvalue weighted by Gasteiger charge is 2.27. The van der Waals surface area contributed by atoms with Crippen LogP contribution in [0.4, 0.5) is 0 Å². The standard InChI is InChI=1S/C18H28OSi/c1-20(2,3)18(16-11-7-8-12-17(16)19)14-13-15-9-5-4-6-10-15/h4-6,9-10,17,19H,7-8,11-14H2,1-3H3/b18-16-. The molecule has 1 N–H and O–H groups in total. The summed E-state index contributed by atoms with van der Waals surface area (Å²) in [5, 5.41) is 12.0. The molecular weight excluding hydrogens is 260 g/mol. The molecule has 110 valence electrons. The van der Waals surface area contributed by atoms with Gasteiger partial charge in [-0.05, 0) is 43.2 Å². The molecule has 0 aliphatic heterocycles. The lowest BCUT2D eigenvalue weighted by atomic mass is 9.90. The number of hydrogen-bond acceptors (Lipinski definition) is 1. The Morgan fingerprint density at radius 2 is 1.85 bits per heavy atom. The lowest BCUT2D eigenvalue weighted by Crippen LogP contribution is -2.30. The van der Waals surface area contributed by atoms with E-state index in [1.165, 1.54) is 24.0 Å². The molecule has 1 unspecified atom stereocenters. The van der Waals surface area contributed by atoms with Gasteiger partial charge in [0.05, 0.1) is 14.2 Å². The van der Waals surface area contributed by atoms with Crippen LogP contribution in [0.2, 0.25) is 19.6 Å². The number of aliphatic hydroxyl groups excluding tert-OH is 1. The molecule has 1 aliphatic carbocycles. The van der Waals surface area contributed by atoms with Gasteiger partial charge in [-0.3, -0.25) is 0 Å². The predicted molar refractivity (Wildman–Crippen MR) is 89.6 cm³/mol. The lowest BCUT2D eigenvalue weighted by Gasteiger charge is -2.31. The Labute approximate surface area is 124 Å². The molecule has 0 saturated heterocycles. The summed E-state index contributed by atoms with van der Waals surface area (Å²) < 4.78 is 0. The third-order valence-corrected chi connectivity index (χ3v) is 6.76. The van der Waals surface area contributed by atoms with Crippen molar-refractivity contribution < 1.29 is 5.11 Å². The smallest absolute Gasteiger partial charge is 0.0749 e. The average molecular weight is 289 g/mol. The fourth-order valence-electron chi connectivity index (χ4n) is 3.28. The van der Waals surface area contributed by atoms with Crippen LogP contribution in [0.5, 0.6) is 0 Å². The maximum absolute atomic E-state index is 10.4. The van der Waals surface area contributed by atoms with E-state index in [-0.39, 0.29) is 6.10 Å². The summed E-state index contributed by atoms with van der Waals surface area (Å²) in [5.74, 6) is 0. The number of aryl methyl sites for hydroxylation is 1. The van der Waals surface area contributed by atoms with Gasteiger partial charge in [0.2, 0.25) is 0 Å². The SMILES string of the molecule is C[Si](C)(C)/C(CCc1ccccc1)=C1/CCCCC1O. The molecule has 1 aromatic carbocycles. The van der Waals surface area contributed by atoms with Crippen molar-refractivity contribution in [2.24, 2.45) is 0 Å². The molecule has 1 aliphatic rings. The van der Waals surface area contributed by atoms with Gasteiger partial charge in [0.1, 0.15) is 0 Å². The summed E-state index contributed by atoms with van der Waals surface area (Å²) in [6.07, 6.45) is 6.60. The number of benzene rings is 1. The van der Waals surface area contributed by atoms with Gasteiger partial charge >= 0.3 is 0 Å². The van der Waals surface area contributed by atoms with Crippen molar-refractivity contribution in [2.75, 3.05) is 0 Å². The van der Waals surface area contributed by atoms with Gasteiger partial charge in [0.25, 0.3) is 0 Å². The number of allylic oxidation sites excluding steroid dienone is 1. The topological polar surface area (TPSA) is 20.2 Å². The number of hydrogen-bond donors (Lipinski definition) is 1. The van der Waals surface area contributed by atoms with Crippen molar-refractivity contribution in [1.82, 2.24) is 0 Å². The zero-order chi connectivity index (χ0) is 14.6. The highest BCUT2D eigenvalue weighted by Crippen LogP contribution is 2.33. The first kappa shape index (κ1) is 15.5. The molecule has 1 nitrogen and oxygen atoms in total. The highest BCUT2D eigenvalue weighted by molar-refractivity contribution is 6.83. The van der Waals surface area contributed by atoms with Gasteiger partial charge in [-0.2, -0.15) is 0 Å². The van der Waals surface area contributed by atoms with E-state index in [1.54, 1.807) is 5.20 Å². The van der Waals surface area contributed by atoms with Gasteiger partial charge < -0.3 is 5.11 Å². The Bertz CT molecular complexity index is 456. The molecule has 2 rings (SSSR count). The summed E-state index contributed by atoms with van der Waals surface area (Å²) in [6.45, 7) is 7.25. The normalized spacial score (nSPS) is 22.7. The van der Waals surface area contributed by atoms with Crippen LogP contribution < -0.4 is 0 Å². The summed E-state index contributed by atoms with van der Waals surface area (Å²) in [4.78, 5) is 0. The summed E-state index contributed by atoms with van der Waals surface area (Å²) in [6, 6.07) is 10.7. The maximum Gasteiger partial charge on any atom is 0.0749 e. The molecular formula is C18H28OSi. The molecule has 0 bridgehead atoms. The monoisotopic (exact) mass is 288 g/mol. The van der Waals surface area contributed by atoms with Crippen LogP contribution >= 0.6 is 0 Å². The van der Waals surface area contributed by atoms with Gasteiger partial charge in [0.15, 0.2) is 0 Å². The Hall–Kier alpha value is -0.863. The van der Waals surface area contributed by atoms with E-state index < -0.39 is 8.07 Å². The molecule has 0 heterocycles. The second-order valence-electron chi connectivity index (χ2n) is 7.00. The largest absolute Gasteiger partial charge is 0.389 e. The predicted octanol–water partition coefficient (Wildman–Crippen LogP) is 4.73. The third-order valence-electron chi connectivity index (χ3n) is 4.38. The molecule has 2 heteroatoms. The highest BCUT2D eigenvalue weighted by atomic mass is 28.3. The fraction of sp³-hybridized carbons (Fsp3) is 0.556. The lowest BCUT2D eigenvalue weighted by molar-refractivity contribution is 0.177. The molecule has 1 aromatic rings. The van der Waals surface area contributed by atoms with E-state index in [1.807, 2.05) is 0 Å². The zero-order valence-electron chi connectivity index (χ0n) is 13.2. The average Bonchev–Trinajstić information content (AvgIpc) is 2.41. The molecule has 1 saturated carbocycles. The van der Waals surface area contributed by atoms with E-state index in [4.69, 9.17) is 0 Å². The zero-order valence-corrected chi connectivity index (χ0v) is 14.2. The van der Waals surface area contributed by atoms with Gasteiger partial charge in [-0.1, -0.05) is 61.6 Å². The minimum Gasteiger partial charge on any atom is -0.389 e. The van der Waals surface area contributed by atoms with E-state index in [2.05, 4.69) is 50.0 Å². The summed E-state index contributed by atoms with van der Waals surface area (Å²) in [7, 11) is -1.35. The van der Waals surface area contributed by atoms with Crippen LogP contribution in [0.15, 0.2) is 41.1 Å². The van der Waals surface area contributed by atoms with Crippen LogP contribution in [0.1, 0.15) is 37.7 Å². The Balaban J connectivity index is 2.18. The van der Waals surface area contributed by atoms with Crippen LogP contribution in [-0.4, -0.2) is 19.3 Å². The summed E-state index contributed by atoms with van der Waals surface area (Å²) in [5.41, 5.74) is 2.81. The first-order valence-electron chi connectivity index (χ1n) is 7.93.